The van der Waals surface area contributed by atoms with Crippen LogP contribution in [0.5, 0.6) is 23.0 Å². The zero-order chi connectivity index (χ0) is 20.6. The van der Waals surface area contributed by atoms with Crippen molar-refractivity contribution in [1.29, 1.82) is 0 Å². The van der Waals surface area contributed by atoms with Crippen molar-refractivity contribution in [3.05, 3.63) is 47.3 Å². The Bertz CT molecular complexity index is 988. The molecule has 152 valence electrons. The fraction of sp³-hybridized carbons (Fsp3) is 0.238. The van der Waals surface area contributed by atoms with Crippen LogP contribution in [0.2, 0.25) is 0 Å². The fourth-order valence-corrected chi connectivity index (χ4v) is 3.37. The van der Waals surface area contributed by atoms with E-state index in [0.29, 0.717) is 34.7 Å². The van der Waals surface area contributed by atoms with E-state index >= 15 is 0 Å². The van der Waals surface area contributed by atoms with E-state index in [0.717, 1.165) is 16.8 Å². The van der Waals surface area contributed by atoms with E-state index in [1.807, 2.05) is 48.7 Å². The lowest BCUT2D eigenvalue weighted by atomic mass is 10.1. The summed E-state index contributed by atoms with van der Waals surface area (Å²) in [6, 6.07) is 11.3. The van der Waals surface area contributed by atoms with Crippen LogP contribution in [-0.2, 0) is 0 Å². The fourth-order valence-electron chi connectivity index (χ4n) is 2.70. The highest BCUT2D eigenvalue weighted by Crippen LogP contribution is 2.33. The predicted molar refractivity (Wildman–Crippen MR) is 116 cm³/mol. The summed E-state index contributed by atoms with van der Waals surface area (Å²) >= 11 is 1.46. The Morgan fingerprint density at radius 3 is 2.55 bits per heavy atom. The second-order valence-electron chi connectivity index (χ2n) is 5.79. The molecule has 3 rings (SSSR count). The molecule has 0 fully saturated rings. The highest BCUT2D eigenvalue weighted by Gasteiger charge is 2.10. The van der Waals surface area contributed by atoms with Crippen molar-refractivity contribution in [1.82, 2.24) is 4.98 Å². The first-order valence-electron chi connectivity index (χ1n) is 8.97. The number of benzene rings is 2. The number of para-hydroxylation sites is 1. The third kappa shape index (κ3) is 4.78. The molecule has 1 aromatic heterocycles. The number of anilines is 1. The largest absolute Gasteiger partial charge is 0.493 e. The minimum absolute atomic E-state index is 0.538. The van der Waals surface area contributed by atoms with Gasteiger partial charge in [0.1, 0.15) is 0 Å². The van der Waals surface area contributed by atoms with Crippen molar-refractivity contribution < 1.29 is 18.9 Å². The Hall–Kier alpha value is -3.26. The number of nitrogens with one attached hydrogen (secondary N) is 1. The highest BCUT2D eigenvalue weighted by molar-refractivity contribution is 7.14. The van der Waals surface area contributed by atoms with Gasteiger partial charge in [-0.25, -0.2) is 4.98 Å². The molecule has 0 bridgehead atoms. The quantitative estimate of drug-likeness (QED) is 0.406. The second-order valence-corrected chi connectivity index (χ2v) is 6.65. The molecule has 0 aliphatic heterocycles. The van der Waals surface area contributed by atoms with Crippen LogP contribution in [0.15, 0.2) is 46.9 Å². The van der Waals surface area contributed by atoms with Crippen LogP contribution < -0.4 is 24.4 Å². The lowest BCUT2D eigenvalue weighted by Crippen LogP contribution is -2.00. The van der Waals surface area contributed by atoms with Gasteiger partial charge in [0.05, 0.1) is 39.8 Å². The van der Waals surface area contributed by atoms with Gasteiger partial charge in [-0.15, -0.1) is 11.3 Å². The summed E-state index contributed by atoms with van der Waals surface area (Å²) in [7, 11) is 4.83. The molecule has 2 aromatic carbocycles. The monoisotopic (exact) mass is 413 g/mol. The highest BCUT2D eigenvalue weighted by atomic mass is 32.1. The first-order valence-corrected chi connectivity index (χ1v) is 9.84. The van der Waals surface area contributed by atoms with Gasteiger partial charge in [-0.2, -0.15) is 5.10 Å². The Morgan fingerprint density at radius 2 is 1.83 bits per heavy atom. The van der Waals surface area contributed by atoms with Crippen LogP contribution in [0.1, 0.15) is 12.5 Å². The molecular weight excluding hydrogens is 390 g/mol. The molecular formula is C21H23N3O4S. The molecule has 3 aromatic rings. The van der Waals surface area contributed by atoms with Crippen LogP contribution in [0.4, 0.5) is 5.13 Å². The van der Waals surface area contributed by atoms with Gasteiger partial charge in [0, 0.05) is 16.5 Å². The topological polar surface area (TPSA) is 74.2 Å². The van der Waals surface area contributed by atoms with Crippen LogP contribution >= 0.6 is 11.3 Å². The maximum atomic E-state index is 5.69. The number of nitrogens with zero attached hydrogens (tertiary/aromatic N) is 2. The number of thiazole rings is 1. The first kappa shape index (κ1) is 20.5. The molecule has 1 heterocycles. The Morgan fingerprint density at radius 1 is 1.03 bits per heavy atom. The van der Waals surface area contributed by atoms with Crippen molar-refractivity contribution >= 4 is 22.7 Å². The van der Waals surface area contributed by atoms with E-state index in [9.17, 15) is 0 Å². The second kappa shape index (κ2) is 9.79. The molecule has 1 N–H and O–H groups in total. The molecule has 0 aliphatic carbocycles. The summed E-state index contributed by atoms with van der Waals surface area (Å²) in [4.78, 5) is 4.58. The molecule has 8 heteroatoms. The SMILES string of the molecule is CCOc1c(/C=N\Nc2nc(-c3ccc(OC)c(OC)c3)cs2)cccc1OC. The van der Waals surface area contributed by atoms with Crippen molar-refractivity contribution in [2.24, 2.45) is 5.10 Å². The average Bonchev–Trinajstić information content (AvgIpc) is 3.23. The van der Waals surface area contributed by atoms with E-state index in [1.54, 1.807) is 27.5 Å². The van der Waals surface area contributed by atoms with Crippen molar-refractivity contribution in [3.8, 4) is 34.3 Å². The lowest BCUT2D eigenvalue weighted by molar-refractivity contribution is 0.310. The summed E-state index contributed by atoms with van der Waals surface area (Å²) in [6.45, 7) is 2.46. The van der Waals surface area contributed by atoms with Crippen LogP contribution in [-0.4, -0.2) is 39.1 Å². The summed E-state index contributed by atoms with van der Waals surface area (Å²) < 4.78 is 21.7. The molecule has 0 unspecified atom stereocenters. The normalized spacial score (nSPS) is 10.8. The minimum atomic E-state index is 0.538. The van der Waals surface area contributed by atoms with Crippen LogP contribution in [0.3, 0.4) is 0 Å². The van der Waals surface area contributed by atoms with E-state index < -0.39 is 0 Å². The molecule has 0 spiro atoms. The number of hydrazone groups is 1. The number of hydrogen-bond donors (Lipinski definition) is 1. The van der Waals surface area contributed by atoms with Gasteiger partial charge >= 0.3 is 0 Å². The number of hydrogen-bond acceptors (Lipinski definition) is 8. The number of ether oxygens (including phenoxy) is 4. The zero-order valence-corrected chi connectivity index (χ0v) is 17.6. The molecule has 0 saturated carbocycles. The van der Waals surface area contributed by atoms with Gasteiger partial charge < -0.3 is 18.9 Å². The Labute approximate surface area is 173 Å². The van der Waals surface area contributed by atoms with E-state index in [-0.39, 0.29) is 0 Å². The Kier molecular flexibility index (Phi) is 6.91. The van der Waals surface area contributed by atoms with Crippen LogP contribution in [0.25, 0.3) is 11.3 Å². The molecule has 0 atom stereocenters. The Balaban J connectivity index is 1.75. The van der Waals surface area contributed by atoms with Gasteiger partial charge in [0.25, 0.3) is 0 Å². The van der Waals surface area contributed by atoms with Crippen LogP contribution in [0, 0.1) is 0 Å². The average molecular weight is 413 g/mol. The maximum Gasteiger partial charge on any atom is 0.203 e. The van der Waals surface area contributed by atoms with Crippen molar-refractivity contribution in [2.45, 2.75) is 6.92 Å². The number of rotatable bonds is 9. The summed E-state index contributed by atoms with van der Waals surface area (Å²) in [6.07, 6.45) is 1.69. The predicted octanol–water partition coefficient (Wildman–Crippen LogP) is 4.68. The minimum Gasteiger partial charge on any atom is -0.493 e. The standard InChI is InChI=1S/C21H23N3O4S/c1-5-28-20-15(7-6-8-18(20)26-3)12-22-24-21-23-16(13-29-21)14-9-10-17(25-2)19(11-14)27-4/h6-13H,5H2,1-4H3,(H,23,24)/b22-12-. The molecule has 0 amide bonds. The maximum absolute atomic E-state index is 5.69. The van der Waals surface area contributed by atoms with Crippen molar-refractivity contribution in [3.63, 3.8) is 0 Å². The molecule has 29 heavy (non-hydrogen) atoms. The van der Waals surface area contributed by atoms with Gasteiger partial charge in [-0.1, -0.05) is 6.07 Å². The molecule has 0 radical (unpaired) electrons. The van der Waals surface area contributed by atoms with Gasteiger partial charge in [-0.05, 0) is 37.3 Å². The molecule has 0 aliphatic rings. The molecule has 0 saturated heterocycles. The van der Waals surface area contributed by atoms with Gasteiger partial charge in [0.15, 0.2) is 23.0 Å². The lowest BCUT2D eigenvalue weighted by Gasteiger charge is -2.11. The number of aromatic nitrogens is 1. The first-order chi connectivity index (χ1) is 14.2. The summed E-state index contributed by atoms with van der Waals surface area (Å²) in [5.74, 6) is 2.67. The third-order valence-electron chi connectivity index (χ3n) is 4.07. The van der Waals surface area contributed by atoms with Gasteiger partial charge in [-0.3, -0.25) is 5.43 Å². The van der Waals surface area contributed by atoms with E-state index in [2.05, 4.69) is 15.5 Å². The third-order valence-corrected chi connectivity index (χ3v) is 4.81. The summed E-state index contributed by atoms with van der Waals surface area (Å²) in [5, 5.41) is 6.92. The van der Waals surface area contributed by atoms with E-state index in [4.69, 9.17) is 18.9 Å². The van der Waals surface area contributed by atoms with Crippen molar-refractivity contribution in [2.75, 3.05) is 33.4 Å². The summed E-state index contributed by atoms with van der Waals surface area (Å²) in [5.41, 5.74) is 5.54. The smallest absolute Gasteiger partial charge is 0.203 e. The van der Waals surface area contributed by atoms with E-state index in [1.165, 1.54) is 11.3 Å². The number of methoxy groups -OCH3 is 3. The molecule has 7 nitrogen and oxygen atoms in total. The van der Waals surface area contributed by atoms with Gasteiger partial charge in [0.2, 0.25) is 5.13 Å². The zero-order valence-electron chi connectivity index (χ0n) is 16.8.